The normalized spacial score (nSPS) is 20.9. The van der Waals surface area contributed by atoms with Crippen LogP contribution in [0, 0.1) is 5.82 Å². The van der Waals surface area contributed by atoms with Gasteiger partial charge in [-0.2, -0.15) is 0 Å². The minimum absolute atomic E-state index is 0.238. The zero-order chi connectivity index (χ0) is 11.6. The molecular formula is C13H18FNO. The number of hydrogen-bond acceptors (Lipinski definition) is 2. The van der Waals surface area contributed by atoms with Gasteiger partial charge in [0.25, 0.3) is 0 Å². The molecule has 0 heterocycles. The molecule has 0 aromatic heterocycles. The molecule has 3 heteroatoms. The minimum atomic E-state index is -0.374. The molecule has 1 aromatic rings. The van der Waals surface area contributed by atoms with Gasteiger partial charge >= 0.3 is 0 Å². The molecule has 2 nitrogen and oxygen atoms in total. The second-order valence-electron chi connectivity index (χ2n) is 4.48. The van der Waals surface area contributed by atoms with Crippen molar-refractivity contribution in [3.63, 3.8) is 0 Å². The van der Waals surface area contributed by atoms with Crippen LogP contribution < -0.4 is 5.73 Å². The van der Waals surface area contributed by atoms with Gasteiger partial charge in [-0.3, -0.25) is 0 Å². The first-order valence-corrected chi connectivity index (χ1v) is 5.75. The first-order chi connectivity index (χ1) is 7.69. The molecule has 1 aliphatic carbocycles. The van der Waals surface area contributed by atoms with E-state index in [-0.39, 0.29) is 17.5 Å². The standard InChI is InChI=1S/C13H18FNO/c1-16-13(8-4-5-9-13)12(15)10-6-2-3-7-11(10)14/h2-3,6-7,12H,4-5,8-9,15H2,1H3. The van der Waals surface area contributed by atoms with Crippen molar-refractivity contribution >= 4 is 0 Å². The monoisotopic (exact) mass is 223 g/mol. The van der Waals surface area contributed by atoms with Crippen LogP contribution in [0.4, 0.5) is 4.39 Å². The van der Waals surface area contributed by atoms with Crippen molar-refractivity contribution in [2.75, 3.05) is 7.11 Å². The Morgan fingerprint density at radius 1 is 1.31 bits per heavy atom. The van der Waals surface area contributed by atoms with E-state index in [1.807, 2.05) is 6.07 Å². The molecule has 88 valence electrons. The third kappa shape index (κ3) is 1.85. The highest BCUT2D eigenvalue weighted by Crippen LogP contribution is 2.41. The molecule has 1 aromatic carbocycles. The molecule has 0 radical (unpaired) electrons. The fourth-order valence-corrected chi connectivity index (χ4v) is 2.63. The van der Waals surface area contributed by atoms with Gasteiger partial charge in [0.2, 0.25) is 0 Å². The number of hydrogen-bond donors (Lipinski definition) is 1. The van der Waals surface area contributed by atoms with Crippen molar-refractivity contribution in [3.8, 4) is 0 Å². The SMILES string of the molecule is COC1(C(N)c2ccccc2F)CCCC1. The van der Waals surface area contributed by atoms with E-state index in [0.29, 0.717) is 5.56 Å². The third-order valence-corrected chi connectivity index (χ3v) is 3.66. The molecule has 1 atom stereocenters. The highest BCUT2D eigenvalue weighted by atomic mass is 19.1. The predicted octanol–water partition coefficient (Wildman–Crippen LogP) is 2.78. The lowest BCUT2D eigenvalue weighted by Gasteiger charge is -2.34. The lowest BCUT2D eigenvalue weighted by molar-refractivity contribution is -0.0272. The topological polar surface area (TPSA) is 35.2 Å². The average molecular weight is 223 g/mol. The molecule has 2 rings (SSSR count). The first-order valence-electron chi connectivity index (χ1n) is 5.75. The summed E-state index contributed by atoms with van der Waals surface area (Å²) in [4.78, 5) is 0. The first kappa shape index (κ1) is 11.6. The second kappa shape index (κ2) is 4.52. The van der Waals surface area contributed by atoms with Gasteiger partial charge in [0.15, 0.2) is 0 Å². The number of methoxy groups -OCH3 is 1. The highest BCUT2D eigenvalue weighted by molar-refractivity contribution is 5.24. The van der Waals surface area contributed by atoms with E-state index < -0.39 is 0 Å². The molecular weight excluding hydrogens is 205 g/mol. The van der Waals surface area contributed by atoms with Crippen LogP contribution in [0.25, 0.3) is 0 Å². The quantitative estimate of drug-likeness (QED) is 0.855. The van der Waals surface area contributed by atoms with Crippen LogP contribution in [0.5, 0.6) is 0 Å². The van der Waals surface area contributed by atoms with E-state index in [1.165, 1.54) is 6.07 Å². The largest absolute Gasteiger partial charge is 0.376 e. The summed E-state index contributed by atoms with van der Waals surface area (Å²) in [6, 6.07) is 6.32. The summed E-state index contributed by atoms with van der Waals surface area (Å²) in [5.74, 6) is -0.238. The number of ether oxygens (including phenoxy) is 1. The van der Waals surface area contributed by atoms with Crippen LogP contribution in [-0.2, 0) is 4.74 Å². The van der Waals surface area contributed by atoms with Crippen molar-refractivity contribution in [1.29, 1.82) is 0 Å². The maximum Gasteiger partial charge on any atom is 0.128 e. The Labute approximate surface area is 95.6 Å². The number of benzene rings is 1. The third-order valence-electron chi connectivity index (χ3n) is 3.66. The number of halogens is 1. The Bertz CT molecular complexity index is 361. The summed E-state index contributed by atoms with van der Waals surface area (Å²) in [6.45, 7) is 0. The maximum atomic E-state index is 13.7. The van der Waals surface area contributed by atoms with Gasteiger partial charge in [-0.25, -0.2) is 4.39 Å². The Balaban J connectivity index is 2.30. The van der Waals surface area contributed by atoms with Gasteiger partial charge in [0.1, 0.15) is 5.82 Å². The number of rotatable bonds is 3. The zero-order valence-electron chi connectivity index (χ0n) is 9.58. The molecule has 0 aliphatic heterocycles. The Kier molecular flexibility index (Phi) is 3.26. The van der Waals surface area contributed by atoms with Crippen LogP contribution in [0.1, 0.15) is 37.3 Å². The zero-order valence-corrected chi connectivity index (χ0v) is 9.58. The number of nitrogens with two attached hydrogens (primary N) is 1. The van der Waals surface area contributed by atoms with Crippen molar-refractivity contribution in [3.05, 3.63) is 35.6 Å². The summed E-state index contributed by atoms with van der Waals surface area (Å²) >= 11 is 0. The minimum Gasteiger partial charge on any atom is -0.376 e. The Morgan fingerprint density at radius 2 is 1.94 bits per heavy atom. The van der Waals surface area contributed by atoms with Crippen LogP contribution in [0.3, 0.4) is 0 Å². The van der Waals surface area contributed by atoms with E-state index >= 15 is 0 Å². The molecule has 0 spiro atoms. The van der Waals surface area contributed by atoms with Crippen molar-refractivity contribution in [1.82, 2.24) is 0 Å². The molecule has 1 saturated carbocycles. The summed E-state index contributed by atoms with van der Waals surface area (Å²) in [6.07, 6.45) is 4.05. The van der Waals surface area contributed by atoms with Crippen LogP contribution in [0.15, 0.2) is 24.3 Å². The van der Waals surface area contributed by atoms with E-state index in [2.05, 4.69) is 0 Å². The van der Waals surface area contributed by atoms with Crippen LogP contribution >= 0.6 is 0 Å². The molecule has 0 saturated heterocycles. The Morgan fingerprint density at radius 3 is 2.50 bits per heavy atom. The molecule has 1 fully saturated rings. The van der Waals surface area contributed by atoms with E-state index in [0.717, 1.165) is 25.7 Å². The Hall–Kier alpha value is -0.930. The van der Waals surface area contributed by atoms with Crippen molar-refractivity contribution < 1.29 is 9.13 Å². The molecule has 0 amide bonds. The lowest BCUT2D eigenvalue weighted by Crippen LogP contribution is -2.41. The van der Waals surface area contributed by atoms with Crippen molar-refractivity contribution in [2.45, 2.75) is 37.3 Å². The van der Waals surface area contributed by atoms with Gasteiger partial charge in [0, 0.05) is 12.7 Å². The summed E-state index contributed by atoms with van der Waals surface area (Å²) < 4.78 is 19.2. The second-order valence-corrected chi connectivity index (χ2v) is 4.48. The van der Waals surface area contributed by atoms with Gasteiger partial charge in [-0.15, -0.1) is 0 Å². The molecule has 16 heavy (non-hydrogen) atoms. The summed E-state index contributed by atoms with van der Waals surface area (Å²) in [5.41, 5.74) is 6.37. The van der Waals surface area contributed by atoms with E-state index in [9.17, 15) is 4.39 Å². The fourth-order valence-electron chi connectivity index (χ4n) is 2.63. The smallest absolute Gasteiger partial charge is 0.128 e. The maximum absolute atomic E-state index is 13.7. The molecule has 0 bridgehead atoms. The fraction of sp³-hybridized carbons (Fsp3) is 0.538. The predicted molar refractivity (Wildman–Crippen MR) is 61.5 cm³/mol. The van der Waals surface area contributed by atoms with Crippen LogP contribution in [0.2, 0.25) is 0 Å². The summed E-state index contributed by atoms with van der Waals surface area (Å²) in [7, 11) is 1.67. The van der Waals surface area contributed by atoms with E-state index in [4.69, 9.17) is 10.5 Å². The lowest BCUT2D eigenvalue weighted by atomic mass is 9.87. The summed E-state index contributed by atoms with van der Waals surface area (Å²) in [5, 5.41) is 0. The van der Waals surface area contributed by atoms with Gasteiger partial charge in [0.05, 0.1) is 11.6 Å². The van der Waals surface area contributed by atoms with Gasteiger partial charge in [-0.1, -0.05) is 31.0 Å². The van der Waals surface area contributed by atoms with E-state index in [1.54, 1.807) is 19.2 Å². The molecule has 2 N–H and O–H groups in total. The molecule has 1 unspecified atom stereocenters. The molecule has 1 aliphatic rings. The highest BCUT2D eigenvalue weighted by Gasteiger charge is 2.41. The average Bonchev–Trinajstić information content (AvgIpc) is 2.78. The van der Waals surface area contributed by atoms with Gasteiger partial charge in [-0.05, 0) is 18.9 Å². The van der Waals surface area contributed by atoms with Crippen molar-refractivity contribution in [2.24, 2.45) is 5.73 Å². The van der Waals surface area contributed by atoms with Crippen LogP contribution in [-0.4, -0.2) is 12.7 Å². The van der Waals surface area contributed by atoms with Gasteiger partial charge < -0.3 is 10.5 Å².